The quantitative estimate of drug-likeness (QED) is 0.759. The zero-order valence-electron chi connectivity index (χ0n) is 13.4. The molecule has 2 heterocycles. The number of aromatic nitrogens is 3. The van der Waals surface area contributed by atoms with Crippen LogP contribution in [0.5, 0.6) is 5.75 Å². The first-order chi connectivity index (χ1) is 10.9. The number of aryl methyl sites for hydroxylation is 3. The summed E-state index contributed by atoms with van der Waals surface area (Å²) in [6.07, 6.45) is 0. The van der Waals surface area contributed by atoms with Crippen LogP contribution in [0.1, 0.15) is 16.7 Å². The number of nitrogens with one attached hydrogen (secondary N) is 2. The third kappa shape index (κ3) is 2.52. The number of nitrogens with zero attached hydrogens (tertiary/aromatic N) is 1. The summed E-state index contributed by atoms with van der Waals surface area (Å²) >= 11 is 0. The molecule has 23 heavy (non-hydrogen) atoms. The van der Waals surface area contributed by atoms with Gasteiger partial charge in [0.25, 0.3) is 5.56 Å². The first kappa shape index (κ1) is 15.0. The van der Waals surface area contributed by atoms with Crippen LogP contribution in [-0.2, 0) is 0 Å². The lowest BCUT2D eigenvalue weighted by atomic mass is 10.0. The van der Waals surface area contributed by atoms with E-state index in [0.29, 0.717) is 11.2 Å². The average molecular weight is 311 g/mol. The predicted octanol–water partition coefficient (Wildman–Crippen LogP) is 2.21. The molecule has 1 aromatic carbocycles. The van der Waals surface area contributed by atoms with Crippen molar-refractivity contribution in [3.8, 4) is 17.0 Å². The van der Waals surface area contributed by atoms with E-state index >= 15 is 0 Å². The normalized spacial score (nSPS) is 11.0. The van der Waals surface area contributed by atoms with Crippen LogP contribution in [0, 0.1) is 20.8 Å². The van der Waals surface area contributed by atoms with Crippen LogP contribution in [0.3, 0.4) is 0 Å². The number of benzene rings is 1. The van der Waals surface area contributed by atoms with Gasteiger partial charge in [-0.25, -0.2) is 9.78 Å². The van der Waals surface area contributed by atoms with Crippen molar-refractivity contribution in [3.05, 3.63) is 55.7 Å². The van der Waals surface area contributed by atoms with Gasteiger partial charge in [0.05, 0.1) is 18.3 Å². The summed E-state index contributed by atoms with van der Waals surface area (Å²) in [6, 6.07) is 5.84. The highest BCUT2D eigenvalue weighted by atomic mass is 16.5. The molecule has 0 amide bonds. The van der Waals surface area contributed by atoms with Crippen LogP contribution in [0.4, 0.5) is 0 Å². The van der Waals surface area contributed by atoms with Crippen molar-refractivity contribution in [2.45, 2.75) is 20.8 Å². The van der Waals surface area contributed by atoms with E-state index in [0.717, 1.165) is 28.0 Å². The minimum Gasteiger partial charge on any atom is -0.496 e. The van der Waals surface area contributed by atoms with Gasteiger partial charge in [-0.05, 0) is 49.6 Å². The predicted molar refractivity (Wildman–Crippen MR) is 89.2 cm³/mol. The van der Waals surface area contributed by atoms with E-state index in [9.17, 15) is 9.59 Å². The number of methoxy groups -OCH3 is 1. The second-order valence-electron chi connectivity index (χ2n) is 5.62. The summed E-state index contributed by atoms with van der Waals surface area (Å²) < 4.78 is 5.50. The largest absolute Gasteiger partial charge is 0.496 e. The maximum Gasteiger partial charge on any atom is 0.326 e. The Kier molecular flexibility index (Phi) is 3.52. The molecule has 0 aliphatic rings. The molecular weight excluding hydrogens is 294 g/mol. The smallest absolute Gasteiger partial charge is 0.326 e. The molecule has 0 unspecified atom stereocenters. The maximum atomic E-state index is 12.1. The minimum absolute atomic E-state index is 0.209. The molecule has 0 spiro atoms. The van der Waals surface area contributed by atoms with Crippen LogP contribution in [-0.4, -0.2) is 22.1 Å². The number of aromatic amines is 2. The summed E-state index contributed by atoms with van der Waals surface area (Å²) in [5.74, 6) is 0.725. The third-order valence-electron chi connectivity index (χ3n) is 3.80. The van der Waals surface area contributed by atoms with Crippen molar-refractivity contribution >= 4 is 11.0 Å². The Morgan fingerprint density at radius 1 is 1.00 bits per heavy atom. The zero-order chi connectivity index (χ0) is 16.7. The highest BCUT2D eigenvalue weighted by Gasteiger charge is 2.14. The second-order valence-corrected chi connectivity index (χ2v) is 5.62. The average Bonchev–Trinajstić information content (AvgIpc) is 2.47. The summed E-state index contributed by atoms with van der Waals surface area (Å²) in [6.45, 7) is 5.79. The SMILES string of the molecule is COc1c(C)cc(C)cc1-c1cc(C)c2[nH]c(=O)[nH]c(=O)c2n1. The lowest BCUT2D eigenvalue weighted by Crippen LogP contribution is -2.23. The first-order valence-corrected chi connectivity index (χ1v) is 7.20. The molecule has 0 fully saturated rings. The second kappa shape index (κ2) is 5.39. The van der Waals surface area contributed by atoms with Gasteiger partial charge in [0.15, 0.2) is 5.52 Å². The van der Waals surface area contributed by atoms with Crippen molar-refractivity contribution in [1.29, 1.82) is 0 Å². The van der Waals surface area contributed by atoms with Gasteiger partial charge in [-0.2, -0.15) is 0 Å². The van der Waals surface area contributed by atoms with Crippen molar-refractivity contribution in [2.75, 3.05) is 7.11 Å². The van der Waals surface area contributed by atoms with E-state index < -0.39 is 11.2 Å². The molecular formula is C17H17N3O3. The van der Waals surface area contributed by atoms with Gasteiger partial charge in [-0.3, -0.25) is 9.78 Å². The van der Waals surface area contributed by atoms with E-state index in [2.05, 4.69) is 15.0 Å². The van der Waals surface area contributed by atoms with Gasteiger partial charge in [0.2, 0.25) is 0 Å². The Balaban J connectivity index is 2.39. The number of fused-ring (bicyclic) bond motifs is 1. The van der Waals surface area contributed by atoms with Crippen LogP contribution >= 0.6 is 0 Å². The Morgan fingerprint density at radius 2 is 1.74 bits per heavy atom. The first-order valence-electron chi connectivity index (χ1n) is 7.20. The molecule has 0 atom stereocenters. The summed E-state index contributed by atoms with van der Waals surface area (Å²) in [5.41, 5.74) is 3.92. The van der Waals surface area contributed by atoms with Crippen LogP contribution in [0.25, 0.3) is 22.3 Å². The van der Waals surface area contributed by atoms with Gasteiger partial charge >= 0.3 is 5.69 Å². The maximum absolute atomic E-state index is 12.1. The molecule has 3 rings (SSSR count). The van der Waals surface area contributed by atoms with E-state index in [-0.39, 0.29) is 5.52 Å². The molecule has 0 radical (unpaired) electrons. The molecule has 0 bridgehead atoms. The van der Waals surface area contributed by atoms with E-state index in [4.69, 9.17) is 4.74 Å². The molecule has 6 heteroatoms. The lowest BCUT2D eigenvalue weighted by Gasteiger charge is -2.13. The fraction of sp³-hybridized carbons (Fsp3) is 0.235. The molecule has 3 aromatic rings. The number of H-pyrrole nitrogens is 2. The third-order valence-corrected chi connectivity index (χ3v) is 3.80. The molecule has 2 N–H and O–H groups in total. The number of pyridine rings is 1. The van der Waals surface area contributed by atoms with E-state index in [1.54, 1.807) is 7.11 Å². The Bertz CT molecular complexity index is 1030. The van der Waals surface area contributed by atoms with Crippen molar-refractivity contribution in [2.24, 2.45) is 0 Å². The van der Waals surface area contributed by atoms with Crippen LogP contribution in [0.2, 0.25) is 0 Å². The number of hydrogen-bond acceptors (Lipinski definition) is 4. The highest BCUT2D eigenvalue weighted by molar-refractivity contribution is 5.82. The van der Waals surface area contributed by atoms with E-state index in [1.165, 1.54) is 0 Å². The molecule has 0 saturated carbocycles. The molecule has 0 aliphatic carbocycles. The van der Waals surface area contributed by atoms with Gasteiger partial charge in [-0.15, -0.1) is 0 Å². The molecule has 0 aliphatic heterocycles. The molecule has 6 nitrogen and oxygen atoms in total. The summed E-state index contributed by atoms with van der Waals surface area (Å²) in [7, 11) is 1.61. The van der Waals surface area contributed by atoms with Crippen molar-refractivity contribution < 1.29 is 4.74 Å². The summed E-state index contributed by atoms with van der Waals surface area (Å²) in [5, 5.41) is 0. The fourth-order valence-electron chi connectivity index (χ4n) is 2.86. The summed E-state index contributed by atoms with van der Waals surface area (Å²) in [4.78, 5) is 32.8. The lowest BCUT2D eigenvalue weighted by molar-refractivity contribution is 0.413. The number of ether oxygens (including phenoxy) is 1. The van der Waals surface area contributed by atoms with Gasteiger partial charge in [-0.1, -0.05) is 6.07 Å². The molecule has 2 aromatic heterocycles. The Labute approximate surface area is 132 Å². The Morgan fingerprint density at radius 3 is 2.43 bits per heavy atom. The minimum atomic E-state index is -0.538. The highest BCUT2D eigenvalue weighted by Crippen LogP contribution is 2.34. The molecule has 118 valence electrons. The zero-order valence-corrected chi connectivity index (χ0v) is 13.4. The fourth-order valence-corrected chi connectivity index (χ4v) is 2.86. The van der Waals surface area contributed by atoms with Gasteiger partial charge in [0, 0.05) is 5.56 Å². The number of hydrogen-bond donors (Lipinski definition) is 2. The van der Waals surface area contributed by atoms with Gasteiger partial charge < -0.3 is 9.72 Å². The topological polar surface area (TPSA) is 87.8 Å². The Hall–Kier alpha value is -2.89. The van der Waals surface area contributed by atoms with Crippen molar-refractivity contribution in [1.82, 2.24) is 15.0 Å². The monoisotopic (exact) mass is 311 g/mol. The van der Waals surface area contributed by atoms with Crippen LogP contribution in [0.15, 0.2) is 27.8 Å². The standard InChI is InChI=1S/C17H17N3O3/c1-8-5-10(3)15(23-4)11(6-8)12-7-9(2)13-14(18-12)16(21)20-17(22)19-13/h5-7H,1-4H3,(H2,19,20,21,22). The number of rotatable bonds is 2. The van der Waals surface area contributed by atoms with E-state index in [1.807, 2.05) is 39.0 Å². The van der Waals surface area contributed by atoms with Crippen molar-refractivity contribution in [3.63, 3.8) is 0 Å². The van der Waals surface area contributed by atoms with Gasteiger partial charge in [0.1, 0.15) is 5.75 Å². The van der Waals surface area contributed by atoms with Crippen LogP contribution < -0.4 is 16.0 Å². The molecule has 0 saturated heterocycles.